The highest BCUT2D eigenvalue weighted by Crippen LogP contribution is 2.26. The molecule has 6 heteroatoms. The van der Waals surface area contributed by atoms with Crippen LogP contribution in [0.4, 0.5) is 5.69 Å². The molecule has 0 saturated carbocycles. The van der Waals surface area contributed by atoms with Gasteiger partial charge in [-0.1, -0.05) is 18.2 Å². The fourth-order valence-corrected chi connectivity index (χ4v) is 3.75. The first kappa shape index (κ1) is 17.1. The number of nitrogens with one attached hydrogen (secondary N) is 1. The molecule has 26 heavy (non-hydrogen) atoms. The Bertz CT molecular complexity index is 725. The number of amides is 1. The van der Waals surface area contributed by atoms with E-state index in [0.29, 0.717) is 11.6 Å². The minimum Gasteiger partial charge on any atom is -0.448 e. The Morgan fingerprint density at radius 1 is 1.15 bits per heavy atom. The third-order valence-corrected chi connectivity index (χ3v) is 5.20. The van der Waals surface area contributed by atoms with Crippen molar-refractivity contribution in [1.82, 2.24) is 10.3 Å². The van der Waals surface area contributed by atoms with Gasteiger partial charge in [0.05, 0.1) is 0 Å². The van der Waals surface area contributed by atoms with Gasteiger partial charge in [0.1, 0.15) is 6.26 Å². The van der Waals surface area contributed by atoms with E-state index >= 15 is 0 Å². The summed E-state index contributed by atoms with van der Waals surface area (Å²) in [7, 11) is 0. The van der Waals surface area contributed by atoms with Gasteiger partial charge in [0.2, 0.25) is 0 Å². The monoisotopic (exact) mass is 355 g/mol. The van der Waals surface area contributed by atoms with Gasteiger partial charge in [0.15, 0.2) is 11.6 Å². The highest BCUT2D eigenvalue weighted by atomic mass is 16.5. The van der Waals surface area contributed by atoms with Gasteiger partial charge in [-0.05, 0) is 37.8 Å². The van der Waals surface area contributed by atoms with Crippen molar-refractivity contribution < 1.29 is 13.9 Å². The Morgan fingerprint density at radius 2 is 1.96 bits per heavy atom. The van der Waals surface area contributed by atoms with Crippen LogP contribution in [-0.2, 0) is 4.74 Å². The van der Waals surface area contributed by atoms with Gasteiger partial charge in [-0.2, -0.15) is 0 Å². The summed E-state index contributed by atoms with van der Waals surface area (Å²) < 4.78 is 10.9. The summed E-state index contributed by atoms with van der Waals surface area (Å²) in [5.41, 5.74) is 1.58. The number of oxazole rings is 1. The van der Waals surface area contributed by atoms with Crippen molar-refractivity contribution in [2.24, 2.45) is 0 Å². The maximum Gasteiger partial charge on any atom is 0.273 e. The summed E-state index contributed by atoms with van der Waals surface area (Å²) in [6.07, 6.45) is 5.33. The standard InChI is InChI=1S/C20H25N3O3/c24-19(18-14-26-20(22-18)15-8-11-25-12-9-15)21-16-5-4-10-23(13-16)17-6-2-1-3-7-17/h1-3,6-7,14-16H,4-5,8-13H2,(H,21,24). The van der Waals surface area contributed by atoms with E-state index in [9.17, 15) is 4.79 Å². The maximum absolute atomic E-state index is 12.6. The molecular formula is C20H25N3O3. The lowest BCUT2D eigenvalue weighted by Gasteiger charge is -2.34. The number of para-hydroxylation sites is 1. The molecule has 1 aromatic carbocycles. The summed E-state index contributed by atoms with van der Waals surface area (Å²) in [6, 6.07) is 10.5. The van der Waals surface area contributed by atoms with Gasteiger partial charge < -0.3 is 19.4 Å². The molecule has 1 aromatic heterocycles. The fourth-order valence-electron chi connectivity index (χ4n) is 3.75. The van der Waals surface area contributed by atoms with Crippen molar-refractivity contribution in [3.63, 3.8) is 0 Å². The third-order valence-electron chi connectivity index (χ3n) is 5.20. The Kier molecular flexibility index (Phi) is 5.20. The van der Waals surface area contributed by atoms with E-state index in [1.807, 2.05) is 18.2 Å². The van der Waals surface area contributed by atoms with Gasteiger partial charge in [-0.25, -0.2) is 4.98 Å². The quantitative estimate of drug-likeness (QED) is 0.913. The SMILES string of the molecule is O=C(NC1CCCN(c2ccccc2)C1)c1coc(C2CCOCC2)n1. The number of carbonyl (C=O) groups excluding carboxylic acids is 1. The molecule has 1 atom stereocenters. The minimum absolute atomic E-state index is 0.125. The number of carbonyl (C=O) groups is 1. The lowest BCUT2D eigenvalue weighted by molar-refractivity contribution is 0.0794. The van der Waals surface area contributed by atoms with Crippen LogP contribution >= 0.6 is 0 Å². The minimum atomic E-state index is -0.146. The Labute approximate surface area is 153 Å². The molecule has 1 N–H and O–H groups in total. The zero-order chi connectivity index (χ0) is 17.8. The molecule has 0 radical (unpaired) electrons. The second kappa shape index (κ2) is 7.91. The zero-order valence-corrected chi connectivity index (χ0v) is 14.9. The van der Waals surface area contributed by atoms with Crippen molar-refractivity contribution in [3.8, 4) is 0 Å². The van der Waals surface area contributed by atoms with E-state index in [2.05, 4.69) is 27.3 Å². The van der Waals surface area contributed by atoms with E-state index in [1.165, 1.54) is 12.0 Å². The number of nitrogens with zero attached hydrogens (tertiary/aromatic N) is 2. The van der Waals surface area contributed by atoms with E-state index in [-0.39, 0.29) is 17.9 Å². The number of benzene rings is 1. The second-order valence-electron chi connectivity index (χ2n) is 7.05. The zero-order valence-electron chi connectivity index (χ0n) is 14.9. The largest absolute Gasteiger partial charge is 0.448 e. The molecule has 0 spiro atoms. The number of aromatic nitrogens is 1. The van der Waals surface area contributed by atoms with E-state index in [0.717, 1.165) is 52.0 Å². The lowest BCUT2D eigenvalue weighted by atomic mass is 10.0. The molecule has 2 saturated heterocycles. The molecule has 2 fully saturated rings. The molecule has 1 unspecified atom stereocenters. The molecule has 1 amide bonds. The van der Waals surface area contributed by atoms with Crippen molar-refractivity contribution in [2.75, 3.05) is 31.2 Å². The molecule has 0 bridgehead atoms. The van der Waals surface area contributed by atoms with E-state index in [4.69, 9.17) is 9.15 Å². The highest BCUT2D eigenvalue weighted by Gasteiger charge is 2.25. The molecule has 3 heterocycles. The molecule has 0 aliphatic carbocycles. The number of rotatable bonds is 4. The van der Waals surface area contributed by atoms with Crippen molar-refractivity contribution in [1.29, 1.82) is 0 Å². The average molecular weight is 355 g/mol. The Balaban J connectivity index is 1.36. The molecular weight excluding hydrogens is 330 g/mol. The maximum atomic E-state index is 12.6. The normalized spacial score (nSPS) is 21.5. The molecule has 6 nitrogen and oxygen atoms in total. The first-order valence-electron chi connectivity index (χ1n) is 9.43. The first-order chi connectivity index (χ1) is 12.8. The van der Waals surface area contributed by atoms with Crippen molar-refractivity contribution >= 4 is 11.6 Å². The summed E-state index contributed by atoms with van der Waals surface area (Å²) in [4.78, 5) is 19.3. The number of anilines is 1. The Hall–Kier alpha value is -2.34. The van der Waals surface area contributed by atoms with Gasteiger partial charge in [-0.15, -0.1) is 0 Å². The second-order valence-corrected chi connectivity index (χ2v) is 7.05. The number of hydrogen-bond donors (Lipinski definition) is 1. The van der Waals surface area contributed by atoms with Crippen LogP contribution in [0, 0.1) is 0 Å². The number of ether oxygens (including phenoxy) is 1. The predicted molar refractivity (Wildman–Crippen MR) is 98.4 cm³/mol. The molecule has 4 rings (SSSR count). The molecule has 2 aliphatic rings. The van der Waals surface area contributed by atoms with Crippen LogP contribution < -0.4 is 10.2 Å². The number of hydrogen-bond acceptors (Lipinski definition) is 5. The van der Waals surface area contributed by atoms with E-state index < -0.39 is 0 Å². The number of piperidine rings is 1. The van der Waals surface area contributed by atoms with Crippen molar-refractivity contribution in [3.05, 3.63) is 48.2 Å². The highest BCUT2D eigenvalue weighted by molar-refractivity contribution is 5.92. The lowest BCUT2D eigenvalue weighted by Crippen LogP contribution is -2.47. The van der Waals surface area contributed by atoms with Gasteiger partial charge in [-0.3, -0.25) is 4.79 Å². The van der Waals surface area contributed by atoms with Crippen LogP contribution in [0.5, 0.6) is 0 Å². The van der Waals surface area contributed by atoms with Gasteiger partial charge >= 0.3 is 0 Å². The summed E-state index contributed by atoms with van der Waals surface area (Å²) >= 11 is 0. The van der Waals surface area contributed by atoms with Crippen LogP contribution in [0.3, 0.4) is 0 Å². The third kappa shape index (κ3) is 3.90. The van der Waals surface area contributed by atoms with Crippen LogP contribution in [0.15, 0.2) is 41.0 Å². The van der Waals surface area contributed by atoms with Gasteiger partial charge in [0.25, 0.3) is 5.91 Å². The van der Waals surface area contributed by atoms with Crippen LogP contribution in [0.25, 0.3) is 0 Å². The summed E-state index contributed by atoms with van der Waals surface area (Å²) in [5.74, 6) is 0.772. The first-order valence-corrected chi connectivity index (χ1v) is 9.43. The van der Waals surface area contributed by atoms with Gasteiger partial charge in [0, 0.05) is 44.0 Å². The topological polar surface area (TPSA) is 67.6 Å². The van der Waals surface area contributed by atoms with Crippen LogP contribution in [0.1, 0.15) is 48.0 Å². The molecule has 138 valence electrons. The predicted octanol–water partition coefficient (Wildman–Crippen LogP) is 2.97. The Morgan fingerprint density at radius 3 is 2.77 bits per heavy atom. The van der Waals surface area contributed by atoms with E-state index in [1.54, 1.807) is 0 Å². The average Bonchev–Trinajstić information content (AvgIpc) is 3.20. The fraction of sp³-hybridized carbons (Fsp3) is 0.500. The van der Waals surface area contributed by atoms with Crippen LogP contribution in [0.2, 0.25) is 0 Å². The van der Waals surface area contributed by atoms with Crippen LogP contribution in [-0.4, -0.2) is 43.2 Å². The molecule has 2 aromatic rings. The van der Waals surface area contributed by atoms with Crippen molar-refractivity contribution in [2.45, 2.75) is 37.6 Å². The smallest absolute Gasteiger partial charge is 0.273 e. The summed E-state index contributed by atoms with van der Waals surface area (Å²) in [6.45, 7) is 3.30. The summed E-state index contributed by atoms with van der Waals surface area (Å²) in [5, 5.41) is 3.12. The molecule has 2 aliphatic heterocycles.